The van der Waals surface area contributed by atoms with Gasteiger partial charge in [-0.1, -0.05) is 6.07 Å². The Balaban J connectivity index is 2.06. The van der Waals surface area contributed by atoms with Crippen LogP contribution in [-0.4, -0.2) is 4.92 Å². The van der Waals surface area contributed by atoms with Gasteiger partial charge < -0.3 is 9.73 Å². The third-order valence-corrected chi connectivity index (χ3v) is 3.15. The topological polar surface area (TPSA) is 68.3 Å². The van der Waals surface area contributed by atoms with Crippen LogP contribution in [0.15, 0.2) is 34.7 Å². The summed E-state index contributed by atoms with van der Waals surface area (Å²) in [6, 6.07) is 9.04. The van der Waals surface area contributed by atoms with Crippen molar-refractivity contribution in [3.63, 3.8) is 0 Å². The molecule has 0 saturated carbocycles. The predicted octanol–water partition coefficient (Wildman–Crippen LogP) is 3.71. The smallest absolute Gasteiger partial charge is 0.404 e. The van der Waals surface area contributed by atoms with Gasteiger partial charge >= 0.3 is 5.88 Å². The molecule has 0 aliphatic carbocycles. The van der Waals surface area contributed by atoms with Crippen LogP contribution in [0, 0.1) is 20.6 Å². The van der Waals surface area contributed by atoms with E-state index >= 15 is 0 Å². The van der Waals surface area contributed by atoms with Crippen LogP contribution in [0.5, 0.6) is 0 Å². The fourth-order valence-corrected chi connectivity index (χ4v) is 2.02. The maximum Gasteiger partial charge on any atom is 0.433 e. The van der Waals surface area contributed by atoms with Crippen LogP contribution in [0.3, 0.4) is 0 Å². The van der Waals surface area contributed by atoms with Gasteiger partial charge in [0.25, 0.3) is 0 Å². The van der Waals surface area contributed by atoms with Gasteiger partial charge in [0.05, 0.1) is 12.6 Å². The molecule has 0 amide bonds. The molecule has 0 radical (unpaired) electrons. The average molecular weight is 358 g/mol. The third-order valence-electron chi connectivity index (χ3n) is 2.48. The van der Waals surface area contributed by atoms with Crippen molar-refractivity contribution in [2.75, 3.05) is 5.32 Å². The SMILES string of the molecule is Cc1ccc(I)cc1NCc1ccc([N+](=O)[O-])o1. The van der Waals surface area contributed by atoms with Crippen LogP contribution in [0.1, 0.15) is 11.3 Å². The normalized spacial score (nSPS) is 10.3. The van der Waals surface area contributed by atoms with Gasteiger partial charge in [0.15, 0.2) is 0 Å². The zero-order valence-corrected chi connectivity index (χ0v) is 11.8. The second-order valence-corrected chi connectivity index (χ2v) is 5.06. The Labute approximate surface area is 117 Å². The molecule has 2 aromatic rings. The lowest BCUT2D eigenvalue weighted by molar-refractivity contribution is -0.402. The molecule has 0 saturated heterocycles. The molecule has 5 nitrogen and oxygen atoms in total. The maximum absolute atomic E-state index is 10.5. The Hall–Kier alpha value is -1.57. The molecule has 0 atom stereocenters. The molecule has 6 heteroatoms. The zero-order chi connectivity index (χ0) is 13.1. The largest absolute Gasteiger partial charge is 0.433 e. The van der Waals surface area contributed by atoms with Crippen LogP contribution < -0.4 is 5.32 Å². The Morgan fingerprint density at radius 3 is 2.83 bits per heavy atom. The molecule has 1 aromatic carbocycles. The molecule has 94 valence electrons. The van der Waals surface area contributed by atoms with Gasteiger partial charge in [-0.15, -0.1) is 0 Å². The number of nitrogens with zero attached hydrogens (tertiary/aromatic N) is 1. The average Bonchev–Trinajstić information content (AvgIpc) is 2.79. The van der Waals surface area contributed by atoms with Gasteiger partial charge in [0.2, 0.25) is 0 Å². The highest BCUT2D eigenvalue weighted by Crippen LogP contribution is 2.20. The molecular weight excluding hydrogens is 347 g/mol. The van der Waals surface area contributed by atoms with Crippen molar-refractivity contribution < 1.29 is 9.34 Å². The van der Waals surface area contributed by atoms with Crippen molar-refractivity contribution in [1.82, 2.24) is 0 Å². The van der Waals surface area contributed by atoms with E-state index in [1.807, 2.05) is 25.1 Å². The Bertz CT molecular complexity index is 580. The quantitative estimate of drug-likeness (QED) is 0.514. The van der Waals surface area contributed by atoms with E-state index in [9.17, 15) is 10.1 Å². The van der Waals surface area contributed by atoms with Crippen LogP contribution in [0.2, 0.25) is 0 Å². The van der Waals surface area contributed by atoms with Gasteiger partial charge in [-0.3, -0.25) is 10.1 Å². The van der Waals surface area contributed by atoms with Crippen molar-refractivity contribution in [3.05, 3.63) is 55.3 Å². The fourth-order valence-electron chi connectivity index (χ4n) is 1.53. The molecule has 18 heavy (non-hydrogen) atoms. The number of benzene rings is 1. The van der Waals surface area contributed by atoms with E-state index in [0.717, 1.165) is 14.8 Å². The van der Waals surface area contributed by atoms with Gasteiger partial charge in [0.1, 0.15) is 10.7 Å². The number of nitrogens with one attached hydrogen (secondary N) is 1. The van der Waals surface area contributed by atoms with Crippen LogP contribution in [0.4, 0.5) is 11.6 Å². The third kappa shape index (κ3) is 3.00. The first-order chi connectivity index (χ1) is 8.56. The van der Waals surface area contributed by atoms with Crippen molar-refractivity contribution in [1.29, 1.82) is 0 Å². The molecule has 2 rings (SSSR count). The molecular formula is C12H11IN2O3. The number of nitro groups is 1. The fraction of sp³-hybridized carbons (Fsp3) is 0.167. The summed E-state index contributed by atoms with van der Waals surface area (Å²) in [4.78, 5) is 9.94. The number of hydrogen-bond donors (Lipinski definition) is 1. The first kappa shape index (κ1) is 12.9. The number of halogens is 1. The van der Waals surface area contributed by atoms with Crippen molar-refractivity contribution in [2.24, 2.45) is 0 Å². The lowest BCUT2D eigenvalue weighted by Gasteiger charge is -2.08. The summed E-state index contributed by atoms with van der Waals surface area (Å²) in [7, 11) is 0. The van der Waals surface area contributed by atoms with Crippen LogP contribution in [0.25, 0.3) is 0 Å². The van der Waals surface area contributed by atoms with Crippen molar-refractivity contribution in [2.45, 2.75) is 13.5 Å². The summed E-state index contributed by atoms with van der Waals surface area (Å²) in [5, 5.41) is 13.7. The molecule has 1 aromatic heterocycles. The summed E-state index contributed by atoms with van der Waals surface area (Å²) in [6.07, 6.45) is 0. The first-order valence-corrected chi connectivity index (χ1v) is 6.37. The van der Waals surface area contributed by atoms with Gasteiger partial charge in [-0.2, -0.15) is 0 Å². The minimum atomic E-state index is -0.541. The second-order valence-electron chi connectivity index (χ2n) is 3.81. The van der Waals surface area contributed by atoms with E-state index in [1.54, 1.807) is 6.07 Å². The van der Waals surface area contributed by atoms with Crippen LogP contribution >= 0.6 is 22.6 Å². The summed E-state index contributed by atoms with van der Waals surface area (Å²) in [5.74, 6) is 0.311. The summed E-state index contributed by atoms with van der Waals surface area (Å²) in [6.45, 7) is 2.43. The van der Waals surface area contributed by atoms with Gasteiger partial charge in [0, 0.05) is 9.26 Å². The number of hydrogen-bond acceptors (Lipinski definition) is 4. The molecule has 0 spiro atoms. The van der Waals surface area contributed by atoms with Crippen LogP contribution in [-0.2, 0) is 6.54 Å². The van der Waals surface area contributed by atoms with Gasteiger partial charge in [-0.05, 0) is 53.3 Å². The number of rotatable bonds is 4. The molecule has 1 heterocycles. The molecule has 0 aliphatic heterocycles. The monoisotopic (exact) mass is 358 g/mol. The number of anilines is 1. The van der Waals surface area contributed by atoms with E-state index in [-0.39, 0.29) is 5.88 Å². The zero-order valence-electron chi connectivity index (χ0n) is 9.64. The Kier molecular flexibility index (Phi) is 3.85. The number of furan rings is 1. The highest BCUT2D eigenvalue weighted by atomic mass is 127. The standard InChI is InChI=1S/C12H11IN2O3/c1-8-2-3-9(13)6-11(8)14-7-10-4-5-12(18-10)15(16)17/h2-6,14H,7H2,1H3. The van der Waals surface area contributed by atoms with Crippen molar-refractivity contribution in [3.8, 4) is 0 Å². The minimum absolute atomic E-state index is 0.230. The predicted molar refractivity (Wildman–Crippen MR) is 76.6 cm³/mol. The minimum Gasteiger partial charge on any atom is -0.404 e. The van der Waals surface area contributed by atoms with E-state index < -0.39 is 4.92 Å². The Morgan fingerprint density at radius 1 is 1.39 bits per heavy atom. The first-order valence-electron chi connectivity index (χ1n) is 5.29. The molecule has 0 bridgehead atoms. The second kappa shape index (κ2) is 5.38. The van der Waals surface area contributed by atoms with E-state index in [4.69, 9.17) is 4.42 Å². The van der Waals surface area contributed by atoms with E-state index in [0.29, 0.717) is 12.3 Å². The highest BCUT2D eigenvalue weighted by Gasteiger charge is 2.11. The maximum atomic E-state index is 10.5. The lowest BCUT2D eigenvalue weighted by Crippen LogP contribution is -2.00. The molecule has 1 N–H and O–H groups in total. The summed E-state index contributed by atoms with van der Waals surface area (Å²) in [5.41, 5.74) is 2.12. The highest BCUT2D eigenvalue weighted by molar-refractivity contribution is 14.1. The molecule has 0 fully saturated rings. The molecule has 0 aliphatic rings. The Morgan fingerprint density at radius 2 is 2.17 bits per heavy atom. The lowest BCUT2D eigenvalue weighted by atomic mass is 10.2. The van der Waals surface area contributed by atoms with E-state index in [2.05, 4.69) is 27.9 Å². The summed E-state index contributed by atoms with van der Waals surface area (Å²) < 4.78 is 6.20. The van der Waals surface area contributed by atoms with Gasteiger partial charge in [-0.25, -0.2) is 0 Å². The number of aryl methyl sites for hydroxylation is 1. The summed E-state index contributed by atoms with van der Waals surface area (Å²) >= 11 is 2.24. The van der Waals surface area contributed by atoms with E-state index in [1.165, 1.54) is 6.07 Å². The molecule has 0 unspecified atom stereocenters. The van der Waals surface area contributed by atoms with Crippen molar-refractivity contribution >= 4 is 34.2 Å².